The van der Waals surface area contributed by atoms with Crippen LogP contribution in [0.5, 0.6) is 11.5 Å². The molecule has 0 aromatic heterocycles. The van der Waals surface area contributed by atoms with E-state index >= 15 is 0 Å². The molecule has 10 nitrogen and oxygen atoms in total. The van der Waals surface area contributed by atoms with Crippen LogP contribution in [-0.2, 0) is 14.3 Å². The van der Waals surface area contributed by atoms with E-state index in [1.54, 1.807) is 23.1 Å². The lowest BCUT2D eigenvalue weighted by Gasteiger charge is -2.44. The lowest BCUT2D eigenvalue weighted by atomic mass is 9.86. The fraction of sp³-hybridized carbons (Fsp3) is 0.593. The minimum absolute atomic E-state index is 0.0617. The minimum atomic E-state index is -1.14. The lowest BCUT2D eigenvalue weighted by Crippen LogP contribution is -2.59. The normalized spacial score (nSPS) is 25.5. The highest BCUT2D eigenvalue weighted by molar-refractivity contribution is 14.1. The third-order valence-corrected chi connectivity index (χ3v) is 8.19. The number of nitrogens with zero attached hydrogens (tertiary/aromatic N) is 1. The van der Waals surface area contributed by atoms with Gasteiger partial charge in [0, 0.05) is 36.8 Å². The summed E-state index contributed by atoms with van der Waals surface area (Å²) in [5.74, 6) is 0.0962. The minimum Gasteiger partial charge on any atom is -0.493 e. The van der Waals surface area contributed by atoms with Gasteiger partial charge < -0.3 is 34.6 Å². The van der Waals surface area contributed by atoms with Crippen molar-refractivity contribution in [3.05, 3.63) is 32.9 Å². The topological polar surface area (TPSA) is 135 Å². The molecule has 11 heteroatoms. The van der Waals surface area contributed by atoms with Crippen LogP contribution in [0.3, 0.4) is 0 Å². The maximum Gasteiger partial charge on any atom is 0.252 e. The molecule has 1 saturated heterocycles. The predicted molar refractivity (Wildman–Crippen MR) is 146 cm³/mol. The molecule has 1 aromatic carbocycles. The number of halogens is 1. The van der Waals surface area contributed by atoms with Gasteiger partial charge in [-0.15, -0.1) is 0 Å². The van der Waals surface area contributed by atoms with Gasteiger partial charge in [0.25, 0.3) is 5.91 Å². The van der Waals surface area contributed by atoms with Gasteiger partial charge in [0.1, 0.15) is 24.6 Å². The Balaban J connectivity index is 1.71. The fourth-order valence-corrected chi connectivity index (χ4v) is 6.29. The fourth-order valence-electron chi connectivity index (χ4n) is 5.54. The molecule has 3 N–H and O–H groups in total. The van der Waals surface area contributed by atoms with Crippen molar-refractivity contribution in [2.45, 2.75) is 75.3 Å². The molecule has 1 aliphatic heterocycles. The zero-order chi connectivity index (χ0) is 27.2. The predicted octanol–water partition coefficient (Wildman–Crippen LogP) is 1.98. The van der Waals surface area contributed by atoms with Crippen LogP contribution in [0.25, 0.3) is 0 Å². The molecule has 1 aromatic rings. The maximum atomic E-state index is 13.8. The molecule has 3 aliphatic rings. The van der Waals surface area contributed by atoms with Crippen LogP contribution in [0, 0.1) is 3.57 Å². The van der Waals surface area contributed by atoms with Gasteiger partial charge in [-0.25, -0.2) is 0 Å². The Kier molecular flexibility index (Phi) is 10.0. The third-order valence-electron chi connectivity index (χ3n) is 7.39. The van der Waals surface area contributed by atoms with E-state index in [-0.39, 0.29) is 31.5 Å². The Morgan fingerprint density at radius 3 is 2.63 bits per heavy atom. The van der Waals surface area contributed by atoms with Crippen LogP contribution in [-0.4, -0.2) is 90.5 Å². The highest BCUT2D eigenvalue weighted by atomic mass is 127. The Morgan fingerprint density at radius 2 is 2.00 bits per heavy atom. The van der Waals surface area contributed by atoms with E-state index in [1.165, 1.54) is 7.11 Å². The summed E-state index contributed by atoms with van der Waals surface area (Å²) in [6.07, 6.45) is 4.80. The number of nitrogens with one attached hydrogen (secondary N) is 1. The van der Waals surface area contributed by atoms with Crippen molar-refractivity contribution >= 4 is 40.7 Å². The smallest absolute Gasteiger partial charge is 0.252 e. The molecule has 208 valence electrons. The highest BCUT2D eigenvalue weighted by Crippen LogP contribution is 2.38. The quantitative estimate of drug-likeness (QED) is 0.261. The molecule has 1 saturated carbocycles. The number of amides is 2. The van der Waals surface area contributed by atoms with Gasteiger partial charge in [-0.2, -0.15) is 0 Å². The number of rotatable bonds is 10. The number of carbonyl (C=O) groups is 3. The summed E-state index contributed by atoms with van der Waals surface area (Å²) < 4.78 is 18.1. The second kappa shape index (κ2) is 13.2. The maximum absolute atomic E-state index is 13.8. The summed E-state index contributed by atoms with van der Waals surface area (Å²) >= 11 is 2.03. The summed E-state index contributed by atoms with van der Waals surface area (Å²) in [6.45, 7) is 0.391. The van der Waals surface area contributed by atoms with Crippen molar-refractivity contribution in [3.63, 3.8) is 0 Å². The van der Waals surface area contributed by atoms with Crippen LogP contribution in [0.4, 0.5) is 0 Å². The van der Waals surface area contributed by atoms with Crippen molar-refractivity contribution in [3.8, 4) is 11.5 Å². The Bertz CT molecular complexity index is 1050. The molecule has 2 fully saturated rings. The van der Waals surface area contributed by atoms with Crippen molar-refractivity contribution in [1.82, 2.24) is 10.2 Å². The van der Waals surface area contributed by atoms with Crippen molar-refractivity contribution < 1.29 is 38.8 Å². The average Bonchev–Trinajstić information content (AvgIpc) is 3.65. The van der Waals surface area contributed by atoms with E-state index in [0.29, 0.717) is 45.5 Å². The van der Waals surface area contributed by atoms with Crippen LogP contribution < -0.4 is 14.8 Å². The van der Waals surface area contributed by atoms with Crippen molar-refractivity contribution in [1.29, 1.82) is 0 Å². The number of hydrogen-bond acceptors (Lipinski definition) is 8. The summed E-state index contributed by atoms with van der Waals surface area (Å²) in [4.78, 5) is 39.9. The average molecular weight is 642 g/mol. The SMILES string of the molecule is COc1cc(C=O)cc(I)c1O[C@H]1C=C(C(=O)NCCO)C[C@@H](N(C(=O)C2CCCO2)C2CCCC2)[C@@H]1O. The Labute approximate surface area is 235 Å². The first-order valence-corrected chi connectivity index (χ1v) is 14.2. The molecule has 38 heavy (non-hydrogen) atoms. The number of methoxy groups -OCH3 is 1. The molecular weight excluding hydrogens is 607 g/mol. The number of aldehydes is 1. The highest BCUT2D eigenvalue weighted by Gasteiger charge is 2.45. The lowest BCUT2D eigenvalue weighted by molar-refractivity contribution is -0.151. The first-order valence-electron chi connectivity index (χ1n) is 13.1. The number of aliphatic hydroxyl groups excluding tert-OH is 2. The third kappa shape index (κ3) is 6.32. The van der Waals surface area contributed by atoms with Crippen molar-refractivity contribution in [2.24, 2.45) is 0 Å². The largest absolute Gasteiger partial charge is 0.493 e. The molecule has 2 aliphatic carbocycles. The van der Waals surface area contributed by atoms with E-state index in [2.05, 4.69) is 5.32 Å². The van der Waals surface area contributed by atoms with E-state index < -0.39 is 30.3 Å². The molecule has 1 heterocycles. The molecule has 4 atom stereocenters. The zero-order valence-electron chi connectivity index (χ0n) is 21.4. The number of hydrogen-bond donors (Lipinski definition) is 3. The zero-order valence-corrected chi connectivity index (χ0v) is 23.6. The molecule has 2 amide bonds. The Hall–Kier alpha value is -2.22. The molecule has 1 unspecified atom stereocenters. The van der Waals surface area contributed by atoms with Crippen LogP contribution in [0.15, 0.2) is 23.8 Å². The molecular formula is C27H35IN2O8. The van der Waals surface area contributed by atoms with E-state index in [0.717, 1.165) is 32.1 Å². The van der Waals surface area contributed by atoms with Crippen LogP contribution in [0.1, 0.15) is 55.3 Å². The van der Waals surface area contributed by atoms with Crippen LogP contribution in [0.2, 0.25) is 0 Å². The van der Waals surface area contributed by atoms with Gasteiger partial charge >= 0.3 is 0 Å². The number of benzene rings is 1. The second-order valence-electron chi connectivity index (χ2n) is 9.85. The molecule has 0 bridgehead atoms. The second-order valence-corrected chi connectivity index (χ2v) is 11.0. The number of aliphatic hydroxyl groups is 2. The summed E-state index contributed by atoms with van der Waals surface area (Å²) in [7, 11) is 1.46. The molecule has 0 spiro atoms. The number of ether oxygens (including phenoxy) is 3. The van der Waals surface area contributed by atoms with Gasteiger partial charge in [0.05, 0.1) is 23.3 Å². The molecule has 4 rings (SSSR count). The first kappa shape index (κ1) is 28.8. The van der Waals surface area contributed by atoms with E-state index in [9.17, 15) is 24.6 Å². The summed E-state index contributed by atoms with van der Waals surface area (Å²) in [6, 6.07) is 2.41. The van der Waals surface area contributed by atoms with Gasteiger partial charge in [0.15, 0.2) is 11.5 Å². The van der Waals surface area contributed by atoms with Gasteiger partial charge in [-0.05, 0) is 66.5 Å². The van der Waals surface area contributed by atoms with Crippen LogP contribution >= 0.6 is 22.6 Å². The molecule has 0 radical (unpaired) electrons. The summed E-state index contributed by atoms with van der Waals surface area (Å²) in [5.41, 5.74) is 0.773. The van der Waals surface area contributed by atoms with E-state index in [1.807, 2.05) is 22.6 Å². The van der Waals surface area contributed by atoms with Gasteiger partial charge in [0.2, 0.25) is 5.91 Å². The first-order chi connectivity index (χ1) is 18.4. The number of carbonyl (C=O) groups excluding carboxylic acids is 3. The summed E-state index contributed by atoms with van der Waals surface area (Å²) in [5, 5.41) is 23.6. The van der Waals surface area contributed by atoms with E-state index in [4.69, 9.17) is 14.2 Å². The van der Waals surface area contributed by atoms with Gasteiger partial charge in [-0.3, -0.25) is 14.4 Å². The monoisotopic (exact) mass is 642 g/mol. The standard InChI is InChI=1S/C27H35IN2O8/c1-36-23-12-16(15-32)11-19(28)25(23)38-22-14-17(26(34)29-8-9-31)13-20(24(22)33)30(18-5-2-3-6-18)27(35)21-7-4-10-37-21/h11-12,14-15,18,20-22,24,31,33H,2-10,13H2,1H3,(H,29,34)/t20-,21?,22+,24+/m1/s1. The van der Waals surface area contributed by atoms with Crippen molar-refractivity contribution in [2.75, 3.05) is 26.9 Å². The van der Waals surface area contributed by atoms with Gasteiger partial charge in [-0.1, -0.05) is 12.8 Å². The Morgan fingerprint density at radius 1 is 1.24 bits per heavy atom.